The number of halogens is 5. The van der Waals surface area contributed by atoms with Crippen molar-refractivity contribution in [2.75, 3.05) is 122 Å². The number of ether oxygens (including phenoxy) is 4. The van der Waals surface area contributed by atoms with Crippen LogP contribution in [0.1, 0.15) is 248 Å². The number of amidine groups is 1. The van der Waals surface area contributed by atoms with E-state index in [2.05, 4.69) is 146 Å². The third-order valence-corrected chi connectivity index (χ3v) is 19.5. The highest BCUT2D eigenvalue weighted by molar-refractivity contribution is 14.0. The molecule has 0 unspecified atom stereocenters. The topological polar surface area (TPSA) is 647 Å². The summed E-state index contributed by atoms with van der Waals surface area (Å²) in [6.07, 6.45) is 19.8. The Balaban J connectivity index is -0.000000811. The lowest BCUT2D eigenvalue weighted by atomic mass is 10.1. The molecule has 0 saturated heterocycles. The monoisotopic (exact) mass is 2190 g/mol. The SMILES string of the molecule is C.C.CC(C)(C)OC(=O)NCCCCc1ccc(N)cc1.CC(C)(C)OC(=O)NCCCCc1ccc(NCCCC(N)=O)cc1.CCOC(=O)CCCNc1ccc(CCCCNC(=O)OC(C)(C)C)cc1.CSC(=N)NC(=O)c1nc(Cl)c(N)nc1N.Cl.Cl.I.NC(=O)CCCNc1ccc(CCCCN=C(N)NC(=O)c2nc(Cl)c(N)nc2N)cc1.NCCCCc1ccc(NCCCC(N)=O)cc1. The number of carbonyl (C=O) groups is 9. The van der Waals surface area contributed by atoms with Gasteiger partial charge < -0.3 is 119 Å². The van der Waals surface area contributed by atoms with Crippen molar-refractivity contribution in [3.63, 3.8) is 0 Å². The standard InChI is InChI=1S/C21H34N2O4.C20H28ClN9O2.C19H31N3O3.C15H24N2O2.C14H23N3O.C7H9ClN6OS.2CH4.2ClH.HI/c1-5-26-19(24)10-8-16-22-18-13-11-17(12-14-18)9-6-7-15-23-20(25)27-21(2,3)4;21-16-18(24)29-17(23)15(28-16)19(32)30-20(25)27-10-2-1-4-12-6-8-13(9-7-12)26-11-3-5-14(22)31;1-19(2,3)25-18(24)22-13-5-4-7-15-9-11-16(12-10-15)21-14-6-8-17(20)23;1-15(2,3)19-14(18)17-11-5-4-6-12-7-9-13(16)10-8-12;15-10-2-1-4-12-6-8-13(9-7-12)17-11-3-5-14(16)18;1-16-7(11)14-6(15)2-4(9)13-5(10)3(8)12-2;;;;;/h11-14,22H,5-10,15-16H2,1-4H3,(H,23,25);6-9,26H,1-5,10-11H2,(H2,22,31)(H4,23,24,29)(H3,25,27,30,32);9-12,21H,4-8,13-14H2,1-3H3,(H2,20,23)(H,22,24);7-10H,4-6,11,16H2,1-3H3,(H,17,18);6-9,17H,1-5,10-11,15H2,(H2,16,18);1H3,(H4,9,10,13)(H2,11,14,15);2*1H4;3*1H. The van der Waals surface area contributed by atoms with E-state index in [1.165, 1.54) is 27.8 Å². The lowest BCUT2D eigenvalue weighted by molar-refractivity contribution is -0.143. The van der Waals surface area contributed by atoms with Crippen LogP contribution in [0.2, 0.25) is 10.3 Å². The number of nitrogens with zero attached hydrogens (tertiary/aromatic N) is 5. The molecule has 142 heavy (non-hydrogen) atoms. The number of aliphatic imine (C=N–C) groups is 1. The molecule has 38 nitrogen and oxygen atoms in total. The molecule has 0 saturated carbocycles. The quantitative estimate of drug-likeness (QED) is 0.00320. The number of nitrogen functional groups attached to an aromatic ring is 5. The van der Waals surface area contributed by atoms with E-state index in [0.717, 1.165) is 182 Å². The zero-order valence-electron chi connectivity index (χ0n) is 82.6. The van der Waals surface area contributed by atoms with Crippen LogP contribution in [0.25, 0.3) is 0 Å². The van der Waals surface area contributed by atoms with Gasteiger partial charge in [0.25, 0.3) is 11.8 Å². The Kier molecular flexibility index (Phi) is 75.1. The number of aromatic nitrogens is 4. The number of amides is 8. The van der Waals surface area contributed by atoms with Gasteiger partial charge in [-0.1, -0.05) is 110 Å². The van der Waals surface area contributed by atoms with Crippen LogP contribution in [0, 0.1) is 5.41 Å². The molecule has 0 aliphatic heterocycles. The summed E-state index contributed by atoms with van der Waals surface area (Å²) in [7, 11) is 0. The molecule has 0 radical (unpaired) electrons. The smallest absolute Gasteiger partial charge is 0.407 e. The maximum Gasteiger partial charge on any atom is 0.407 e. The van der Waals surface area contributed by atoms with Gasteiger partial charge in [0.1, 0.15) is 16.8 Å². The summed E-state index contributed by atoms with van der Waals surface area (Å²) in [4.78, 5) is 120. The van der Waals surface area contributed by atoms with Gasteiger partial charge >= 0.3 is 24.2 Å². The van der Waals surface area contributed by atoms with Crippen LogP contribution in [0.5, 0.6) is 0 Å². The first kappa shape index (κ1) is 137. The van der Waals surface area contributed by atoms with E-state index in [9.17, 15) is 43.2 Å². The molecule has 0 fully saturated rings. The third kappa shape index (κ3) is 71.0. The van der Waals surface area contributed by atoms with Gasteiger partial charge in [0.15, 0.2) is 56.1 Å². The highest BCUT2D eigenvalue weighted by Gasteiger charge is 2.21. The summed E-state index contributed by atoms with van der Waals surface area (Å²) in [6.45, 7) is 25.0. The molecule has 2 aromatic heterocycles. The number of alkyl carbamates (subject to hydrolysis) is 3. The number of carbonyl (C=O) groups excluding carboxylic acids is 9. The number of nitrogens with two attached hydrogens (primary N) is 10. The van der Waals surface area contributed by atoms with Crippen molar-refractivity contribution in [1.82, 2.24) is 46.5 Å². The molecule has 0 bridgehead atoms. The Morgan fingerprint density at radius 2 is 0.676 bits per heavy atom. The summed E-state index contributed by atoms with van der Waals surface area (Å²) in [5.41, 5.74) is 63.7. The van der Waals surface area contributed by atoms with Gasteiger partial charge in [0.2, 0.25) is 17.7 Å². The van der Waals surface area contributed by atoms with Crippen molar-refractivity contribution in [1.29, 1.82) is 5.41 Å². The highest BCUT2D eigenvalue weighted by atomic mass is 127. The van der Waals surface area contributed by atoms with Crippen LogP contribution >= 0.6 is 83.8 Å². The molecule has 0 spiro atoms. The highest BCUT2D eigenvalue weighted by Crippen LogP contribution is 2.22. The van der Waals surface area contributed by atoms with Crippen LogP contribution in [0.3, 0.4) is 0 Å². The molecular weight excluding hydrogens is 2040 g/mol. The van der Waals surface area contributed by atoms with Crippen LogP contribution in [-0.2, 0) is 70.2 Å². The lowest BCUT2D eigenvalue weighted by Crippen LogP contribution is -2.38. The number of aryl methyl sites for hydroxylation is 5. The van der Waals surface area contributed by atoms with E-state index >= 15 is 0 Å². The number of primary amides is 3. The Bertz CT molecular complexity index is 4800. The molecular formula is C98H160Cl4IN25O13S. The summed E-state index contributed by atoms with van der Waals surface area (Å²) < 4.78 is 20.4. The first-order valence-electron chi connectivity index (χ1n) is 45.9. The Morgan fingerprint density at radius 1 is 0.394 bits per heavy atom. The van der Waals surface area contributed by atoms with Crippen molar-refractivity contribution in [3.8, 4) is 0 Å². The molecule has 0 aliphatic rings. The molecule has 0 atom stereocenters. The van der Waals surface area contributed by atoms with Crippen molar-refractivity contribution in [3.05, 3.63) is 171 Å². The fraction of sp³-hybridized carbons (Fsp3) is 0.500. The number of nitrogens with one attached hydrogen (secondary N) is 10. The summed E-state index contributed by atoms with van der Waals surface area (Å²) in [6, 6.07) is 41.0. The van der Waals surface area contributed by atoms with Crippen molar-refractivity contribution in [2.45, 2.75) is 249 Å². The molecule has 5 aromatic carbocycles. The van der Waals surface area contributed by atoms with Gasteiger partial charge in [0.05, 0.1) is 6.61 Å². The van der Waals surface area contributed by atoms with Crippen molar-refractivity contribution < 1.29 is 62.1 Å². The van der Waals surface area contributed by atoms with Crippen LogP contribution in [0.4, 0.5) is 66.1 Å². The second-order valence-corrected chi connectivity index (χ2v) is 35.7. The number of esters is 1. The predicted molar refractivity (Wildman–Crippen MR) is 596 cm³/mol. The van der Waals surface area contributed by atoms with Gasteiger partial charge in [0, 0.05) is 106 Å². The van der Waals surface area contributed by atoms with Gasteiger partial charge in [-0.25, -0.2) is 34.3 Å². The van der Waals surface area contributed by atoms with Crippen LogP contribution in [-0.4, -0.2) is 173 Å². The van der Waals surface area contributed by atoms with Gasteiger partial charge in [-0.15, -0.1) is 48.8 Å². The fourth-order valence-electron chi connectivity index (χ4n) is 11.7. The zero-order valence-corrected chi connectivity index (χ0v) is 88.9. The molecule has 7 rings (SSSR count). The van der Waals surface area contributed by atoms with Crippen molar-refractivity contribution in [2.24, 2.45) is 33.7 Å². The minimum absolute atomic E-state index is 0. The molecule has 44 heteroatoms. The third-order valence-electron chi connectivity index (χ3n) is 18.4. The molecule has 796 valence electrons. The number of guanidine groups is 1. The first-order chi connectivity index (χ1) is 64.9. The van der Waals surface area contributed by atoms with E-state index < -0.39 is 28.6 Å². The molecule has 2 heterocycles. The summed E-state index contributed by atoms with van der Waals surface area (Å²) in [5.74, 6) is -2.69. The second kappa shape index (κ2) is 78.0. The van der Waals surface area contributed by atoms with E-state index in [1.807, 2.05) is 118 Å². The number of anilines is 9. The van der Waals surface area contributed by atoms with Gasteiger partial charge in [-0.05, 0) is 293 Å². The molecule has 0 aliphatic carbocycles. The van der Waals surface area contributed by atoms with Crippen LogP contribution in [0.15, 0.2) is 126 Å². The number of benzene rings is 5. The second-order valence-electron chi connectivity index (χ2n) is 34.2. The Hall–Kier alpha value is -11.6. The Morgan fingerprint density at radius 3 is 0.958 bits per heavy atom. The number of hydrogen-bond acceptors (Lipinski definition) is 30. The van der Waals surface area contributed by atoms with E-state index in [-0.39, 0.29) is 162 Å². The van der Waals surface area contributed by atoms with E-state index in [4.69, 9.17) is 105 Å². The first-order valence-corrected chi connectivity index (χ1v) is 47.8. The predicted octanol–water partition coefficient (Wildman–Crippen LogP) is 16.4. The minimum Gasteiger partial charge on any atom is -0.466 e. The van der Waals surface area contributed by atoms with E-state index in [1.54, 1.807) is 6.26 Å². The number of hydrogen-bond donors (Lipinski definition) is 20. The van der Waals surface area contributed by atoms with Gasteiger partial charge in [-0.3, -0.25) is 44.5 Å². The molecule has 7 aromatic rings. The average Bonchev–Trinajstić information content (AvgIpc) is 0.836. The number of unbranched alkanes of at least 4 members (excludes halogenated alkanes) is 5. The molecule has 30 N–H and O–H groups in total. The maximum absolute atomic E-state index is 12.2. The van der Waals surface area contributed by atoms with Crippen LogP contribution < -0.4 is 105 Å². The zero-order chi connectivity index (χ0) is 102. The number of thioether (sulfide) groups is 1. The van der Waals surface area contributed by atoms with Crippen molar-refractivity contribution >= 4 is 200 Å². The Labute approximate surface area is 883 Å². The lowest BCUT2D eigenvalue weighted by Gasteiger charge is -2.19. The minimum atomic E-state index is -0.665. The van der Waals surface area contributed by atoms with E-state index in [0.29, 0.717) is 71.4 Å². The number of rotatable bonds is 47. The summed E-state index contributed by atoms with van der Waals surface area (Å²) >= 11 is 12.4. The normalized spacial score (nSPS) is 10.5. The fourth-order valence-corrected chi connectivity index (χ4v) is 12.1. The summed E-state index contributed by atoms with van der Waals surface area (Å²) in [5, 5.41) is 33.1. The largest absolute Gasteiger partial charge is 0.466 e. The van der Waals surface area contributed by atoms with Gasteiger partial charge in [-0.2, -0.15) is 0 Å². The maximum atomic E-state index is 12.2. The molecule has 8 amide bonds. The average molecular weight is 2200 g/mol.